The van der Waals surface area contributed by atoms with E-state index in [9.17, 15) is 8.78 Å². The van der Waals surface area contributed by atoms with Crippen molar-refractivity contribution in [2.24, 2.45) is 11.7 Å². The molecule has 0 saturated carbocycles. The average Bonchev–Trinajstić information content (AvgIpc) is 3.11. The molecule has 2 aromatic rings. The molecule has 1 aromatic heterocycles. The van der Waals surface area contributed by atoms with E-state index in [1.165, 1.54) is 11.6 Å². The third-order valence-electron chi connectivity index (χ3n) is 4.87. The van der Waals surface area contributed by atoms with E-state index in [2.05, 4.69) is 15.1 Å². The number of fused-ring (bicyclic) bond motifs is 1. The van der Waals surface area contributed by atoms with Crippen molar-refractivity contribution in [3.63, 3.8) is 0 Å². The Hall–Kier alpha value is -1.83. The molecule has 3 heterocycles. The number of halogens is 2. The van der Waals surface area contributed by atoms with Crippen LogP contribution in [-0.2, 0) is 17.8 Å². The standard InChI is InChI=1S/C17H20F2N4O/c18-12-1-2-14(19)13(4-12)17-15(20)3-10(9-24-17)6-23-7-11-5-21-22-16(11)8-23/h1-2,4-5,10,15,17H,3,6-9,20H2,(H,21,22)/t10-,15-,17+/m0/s1. The van der Waals surface area contributed by atoms with E-state index < -0.39 is 17.7 Å². The molecule has 0 unspecified atom stereocenters. The van der Waals surface area contributed by atoms with Gasteiger partial charge >= 0.3 is 0 Å². The number of nitrogens with two attached hydrogens (primary N) is 1. The number of nitrogens with one attached hydrogen (secondary N) is 1. The van der Waals surface area contributed by atoms with Gasteiger partial charge in [-0.05, 0) is 30.5 Å². The van der Waals surface area contributed by atoms with E-state index >= 15 is 0 Å². The maximum Gasteiger partial charge on any atom is 0.129 e. The van der Waals surface area contributed by atoms with E-state index in [-0.39, 0.29) is 17.5 Å². The Morgan fingerprint density at radius 3 is 3.00 bits per heavy atom. The van der Waals surface area contributed by atoms with Gasteiger partial charge in [-0.15, -0.1) is 0 Å². The van der Waals surface area contributed by atoms with Gasteiger partial charge in [-0.2, -0.15) is 5.10 Å². The number of hydrogen-bond donors (Lipinski definition) is 2. The second-order valence-electron chi connectivity index (χ2n) is 6.73. The smallest absolute Gasteiger partial charge is 0.129 e. The molecule has 2 aliphatic rings. The molecular weight excluding hydrogens is 314 g/mol. The van der Waals surface area contributed by atoms with Crippen LogP contribution in [-0.4, -0.2) is 34.3 Å². The quantitative estimate of drug-likeness (QED) is 0.902. The molecule has 5 nitrogen and oxygen atoms in total. The summed E-state index contributed by atoms with van der Waals surface area (Å²) in [6.45, 7) is 3.09. The van der Waals surface area contributed by atoms with E-state index in [0.29, 0.717) is 6.61 Å². The number of H-pyrrole nitrogens is 1. The minimum Gasteiger partial charge on any atom is -0.371 e. The lowest BCUT2D eigenvalue weighted by Crippen LogP contribution is -2.42. The molecule has 0 amide bonds. The highest BCUT2D eigenvalue weighted by atomic mass is 19.1. The van der Waals surface area contributed by atoms with Crippen LogP contribution < -0.4 is 5.73 Å². The van der Waals surface area contributed by atoms with Gasteiger partial charge in [-0.3, -0.25) is 10.00 Å². The lowest BCUT2D eigenvalue weighted by atomic mass is 9.90. The average molecular weight is 334 g/mol. The van der Waals surface area contributed by atoms with Crippen LogP contribution in [0.3, 0.4) is 0 Å². The van der Waals surface area contributed by atoms with Gasteiger partial charge < -0.3 is 10.5 Å². The first-order valence-electron chi connectivity index (χ1n) is 8.15. The molecular formula is C17H20F2N4O. The molecule has 128 valence electrons. The molecule has 0 spiro atoms. The number of ether oxygens (including phenoxy) is 1. The van der Waals surface area contributed by atoms with E-state index in [1.807, 2.05) is 6.20 Å². The highest BCUT2D eigenvalue weighted by molar-refractivity contribution is 5.23. The summed E-state index contributed by atoms with van der Waals surface area (Å²) in [6, 6.07) is 3.06. The Bertz CT molecular complexity index is 715. The topological polar surface area (TPSA) is 67.2 Å². The number of benzene rings is 1. The molecule has 4 rings (SSSR count). The van der Waals surface area contributed by atoms with Gasteiger partial charge in [0.15, 0.2) is 0 Å². The van der Waals surface area contributed by atoms with Crippen molar-refractivity contribution in [1.82, 2.24) is 15.1 Å². The van der Waals surface area contributed by atoms with Gasteiger partial charge in [-0.25, -0.2) is 8.78 Å². The SMILES string of the molecule is N[C@H]1C[C@@H](CN2Cc3cn[nH]c3C2)CO[C@@H]1c1cc(F)ccc1F. The highest BCUT2D eigenvalue weighted by Crippen LogP contribution is 2.33. The van der Waals surface area contributed by atoms with Crippen molar-refractivity contribution < 1.29 is 13.5 Å². The van der Waals surface area contributed by atoms with Gasteiger partial charge in [0.05, 0.1) is 18.5 Å². The second kappa shape index (κ2) is 6.23. The predicted octanol–water partition coefficient (Wildman–Crippen LogP) is 2.11. The Kier molecular flexibility index (Phi) is 4.07. The maximum atomic E-state index is 13.9. The zero-order valence-corrected chi connectivity index (χ0v) is 13.2. The van der Waals surface area contributed by atoms with Crippen LogP contribution in [0, 0.1) is 17.6 Å². The van der Waals surface area contributed by atoms with Crippen molar-refractivity contribution in [2.45, 2.75) is 31.7 Å². The molecule has 3 N–H and O–H groups in total. The third-order valence-corrected chi connectivity index (χ3v) is 4.87. The third kappa shape index (κ3) is 2.94. The van der Waals surface area contributed by atoms with Crippen molar-refractivity contribution in [3.8, 4) is 0 Å². The van der Waals surface area contributed by atoms with Gasteiger partial charge in [0.2, 0.25) is 0 Å². The fourth-order valence-electron chi connectivity index (χ4n) is 3.75. The number of nitrogens with zero attached hydrogens (tertiary/aromatic N) is 2. The lowest BCUT2D eigenvalue weighted by molar-refractivity contribution is -0.0413. The lowest BCUT2D eigenvalue weighted by Gasteiger charge is -2.36. The molecule has 1 fully saturated rings. The van der Waals surface area contributed by atoms with Crippen LogP contribution in [0.15, 0.2) is 24.4 Å². The van der Waals surface area contributed by atoms with Crippen molar-refractivity contribution in [3.05, 3.63) is 52.9 Å². The summed E-state index contributed by atoms with van der Waals surface area (Å²) in [5.74, 6) is -0.665. The molecule has 24 heavy (non-hydrogen) atoms. The van der Waals surface area contributed by atoms with E-state index in [4.69, 9.17) is 10.5 Å². The summed E-state index contributed by atoms with van der Waals surface area (Å²) in [6.07, 6.45) is 2.00. The zero-order chi connectivity index (χ0) is 16.7. The summed E-state index contributed by atoms with van der Waals surface area (Å²) in [4.78, 5) is 2.33. The van der Waals surface area contributed by atoms with Crippen LogP contribution in [0.25, 0.3) is 0 Å². The predicted molar refractivity (Wildman–Crippen MR) is 83.8 cm³/mol. The molecule has 0 aliphatic carbocycles. The van der Waals surface area contributed by atoms with Crippen molar-refractivity contribution in [2.75, 3.05) is 13.2 Å². The monoisotopic (exact) mass is 334 g/mol. The summed E-state index contributed by atoms with van der Waals surface area (Å²) < 4.78 is 33.2. The first kappa shape index (κ1) is 15.7. The summed E-state index contributed by atoms with van der Waals surface area (Å²) in [5.41, 5.74) is 8.82. The second-order valence-corrected chi connectivity index (χ2v) is 6.73. The number of aromatic amines is 1. The first-order valence-corrected chi connectivity index (χ1v) is 8.15. The summed E-state index contributed by atoms with van der Waals surface area (Å²) in [5, 5.41) is 7.04. The van der Waals surface area contributed by atoms with E-state index in [1.54, 1.807) is 0 Å². The molecule has 0 bridgehead atoms. The van der Waals surface area contributed by atoms with Crippen LogP contribution in [0.5, 0.6) is 0 Å². The number of aromatic nitrogens is 2. The normalized spacial score (nSPS) is 27.4. The Morgan fingerprint density at radius 1 is 1.33 bits per heavy atom. The molecule has 7 heteroatoms. The first-order chi connectivity index (χ1) is 11.6. The minimum atomic E-state index is -0.590. The van der Waals surface area contributed by atoms with Gasteiger partial charge in [0.1, 0.15) is 17.7 Å². The van der Waals surface area contributed by atoms with Crippen molar-refractivity contribution in [1.29, 1.82) is 0 Å². The largest absolute Gasteiger partial charge is 0.371 e. The summed E-state index contributed by atoms with van der Waals surface area (Å²) in [7, 11) is 0. The van der Waals surface area contributed by atoms with Crippen LogP contribution >= 0.6 is 0 Å². The van der Waals surface area contributed by atoms with E-state index in [0.717, 1.165) is 43.9 Å². The van der Waals surface area contributed by atoms with Gasteiger partial charge in [0.25, 0.3) is 0 Å². The molecule has 3 atom stereocenters. The number of rotatable bonds is 3. The minimum absolute atomic E-state index is 0.211. The van der Waals surface area contributed by atoms with Crippen molar-refractivity contribution >= 4 is 0 Å². The Labute approximate surface area is 138 Å². The molecule has 2 aliphatic heterocycles. The Morgan fingerprint density at radius 2 is 2.21 bits per heavy atom. The summed E-state index contributed by atoms with van der Waals surface area (Å²) >= 11 is 0. The molecule has 1 saturated heterocycles. The Balaban J connectivity index is 1.38. The van der Waals surface area contributed by atoms with Gasteiger partial charge in [0, 0.05) is 36.8 Å². The zero-order valence-electron chi connectivity index (χ0n) is 13.2. The number of hydrogen-bond acceptors (Lipinski definition) is 4. The molecule has 0 radical (unpaired) electrons. The maximum absolute atomic E-state index is 13.9. The van der Waals surface area contributed by atoms with Crippen LogP contribution in [0.2, 0.25) is 0 Å². The molecule has 1 aromatic carbocycles. The fourth-order valence-corrected chi connectivity index (χ4v) is 3.75. The fraction of sp³-hybridized carbons (Fsp3) is 0.471. The van der Waals surface area contributed by atoms with Crippen LogP contribution in [0.4, 0.5) is 8.78 Å². The van der Waals surface area contributed by atoms with Gasteiger partial charge in [-0.1, -0.05) is 0 Å². The van der Waals surface area contributed by atoms with Crippen LogP contribution in [0.1, 0.15) is 29.3 Å². The highest BCUT2D eigenvalue weighted by Gasteiger charge is 2.33.